The number of carbonyl (C=O) groups excluding carboxylic acids is 2. The first kappa shape index (κ1) is 14.7. The molecule has 0 saturated carbocycles. The number of alkyl halides is 1. The molecular formula is C11H14ClNO5. The predicted octanol–water partition coefficient (Wildman–Crippen LogP) is 0.709. The molecule has 2 rings (SSSR count). The van der Waals surface area contributed by atoms with Crippen LogP contribution in [0.1, 0.15) is 13.8 Å². The third kappa shape index (κ3) is 3.32. The second-order valence-corrected chi connectivity index (χ2v) is 4.11. The highest BCUT2D eigenvalue weighted by Crippen LogP contribution is 2.15. The Labute approximate surface area is 109 Å². The second kappa shape index (κ2) is 5.99. The van der Waals surface area contributed by atoms with Gasteiger partial charge in [0.1, 0.15) is 0 Å². The highest BCUT2D eigenvalue weighted by atomic mass is 35.5. The SMILES string of the molecule is CC1=CC(Cl)OC1=O.CON1C(=O)C(C)=CC1O. The van der Waals surface area contributed by atoms with Gasteiger partial charge in [0.15, 0.2) is 11.8 Å². The molecule has 0 spiro atoms. The Morgan fingerprint density at radius 1 is 1.33 bits per heavy atom. The number of esters is 1. The molecule has 0 aromatic carbocycles. The van der Waals surface area contributed by atoms with Gasteiger partial charge in [-0.3, -0.25) is 9.63 Å². The molecule has 18 heavy (non-hydrogen) atoms. The summed E-state index contributed by atoms with van der Waals surface area (Å²) in [5, 5.41) is 9.95. The monoisotopic (exact) mass is 275 g/mol. The van der Waals surface area contributed by atoms with Gasteiger partial charge in [-0.15, -0.1) is 0 Å². The second-order valence-electron chi connectivity index (χ2n) is 3.68. The lowest BCUT2D eigenvalue weighted by Crippen LogP contribution is -2.32. The van der Waals surface area contributed by atoms with E-state index in [1.165, 1.54) is 13.2 Å². The van der Waals surface area contributed by atoms with Crippen LogP contribution in [0.15, 0.2) is 23.3 Å². The lowest BCUT2D eigenvalue weighted by atomic mass is 10.3. The molecule has 0 fully saturated rings. The van der Waals surface area contributed by atoms with Crippen LogP contribution in [0.25, 0.3) is 0 Å². The van der Waals surface area contributed by atoms with Crippen LogP contribution in [0.5, 0.6) is 0 Å². The van der Waals surface area contributed by atoms with Crippen molar-refractivity contribution in [2.45, 2.75) is 25.6 Å². The van der Waals surface area contributed by atoms with Crippen LogP contribution in [0.2, 0.25) is 0 Å². The normalized spacial score (nSPS) is 26.4. The van der Waals surface area contributed by atoms with Crippen molar-refractivity contribution < 1.29 is 24.3 Å². The van der Waals surface area contributed by atoms with Crippen molar-refractivity contribution in [2.75, 3.05) is 7.11 Å². The zero-order chi connectivity index (χ0) is 13.9. The molecule has 2 atom stereocenters. The van der Waals surface area contributed by atoms with Gasteiger partial charge in [-0.2, -0.15) is 5.06 Å². The number of hydroxylamine groups is 2. The van der Waals surface area contributed by atoms with Crippen LogP contribution in [0.3, 0.4) is 0 Å². The van der Waals surface area contributed by atoms with Gasteiger partial charge >= 0.3 is 5.97 Å². The Morgan fingerprint density at radius 2 is 1.94 bits per heavy atom. The maximum Gasteiger partial charge on any atom is 0.335 e. The van der Waals surface area contributed by atoms with Gasteiger partial charge in [0.05, 0.1) is 7.11 Å². The summed E-state index contributed by atoms with van der Waals surface area (Å²) in [7, 11) is 1.34. The van der Waals surface area contributed by atoms with Gasteiger partial charge in [-0.1, -0.05) is 11.6 Å². The van der Waals surface area contributed by atoms with Gasteiger partial charge < -0.3 is 9.84 Å². The molecule has 2 heterocycles. The minimum atomic E-state index is -0.919. The van der Waals surface area contributed by atoms with Crippen LogP contribution in [-0.4, -0.2) is 40.9 Å². The fourth-order valence-corrected chi connectivity index (χ4v) is 1.61. The van der Waals surface area contributed by atoms with Gasteiger partial charge in [0.2, 0.25) is 0 Å². The minimum Gasteiger partial charge on any atom is -0.439 e. The fraction of sp³-hybridized carbons (Fsp3) is 0.455. The molecule has 2 aliphatic heterocycles. The first-order chi connectivity index (χ1) is 8.36. The van der Waals surface area contributed by atoms with E-state index in [2.05, 4.69) is 9.57 Å². The van der Waals surface area contributed by atoms with Crippen LogP contribution in [0.4, 0.5) is 0 Å². The molecule has 0 aliphatic carbocycles. The van der Waals surface area contributed by atoms with Crippen LogP contribution >= 0.6 is 11.6 Å². The molecule has 6 nitrogen and oxygen atoms in total. The summed E-state index contributed by atoms with van der Waals surface area (Å²) in [4.78, 5) is 25.9. The van der Waals surface area contributed by atoms with Crippen LogP contribution < -0.4 is 0 Å². The molecule has 2 unspecified atom stereocenters. The first-order valence-electron chi connectivity index (χ1n) is 5.14. The minimum absolute atomic E-state index is 0.282. The summed E-state index contributed by atoms with van der Waals surface area (Å²) >= 11 is 5.38. The highest BCUT2D eigenvalue weighted by molar-refractivity contribution is 6.22. The van der Waals surface area contributed by atoms with E-state index in [4.69, 9.17) is 16.7 Å². The zero-order valence-corrected chi connectivity index (χ0v) is 11.0. The number of aliphatic hydroxyl groups excluding tert-OH is 1. The maximum absolute atomic E-state index is 10.9. The van der Waals surface area contributed by atoms with Crippen molar-refractivity contribution in [3.63, 3.8) is 0 Å². The quantitative estimate of drug-likeness (QED) is 0.563. The predicted molar refractivity (Wildman–Crippen MR) is 63.1 cm³/mol. The molecular weight excluding hydrogens is 262 g/mol. The number of aliphatic hydroxyl groups is 1. The van der Waals surface area contributed by atoms with Crippen LogP contribution in [0, 0.1) is 0 Å². The van der Waals surface area contributed by atoms with Crippen molar-refractivity contribution in [2.24, 2.45) is 0 Å². The molecule has 0 aromatic rings. The molecule has 1 N–H and O–H groups in total. The third-order valence-corrected chi connectivity index (χ3v) is 2.51. The number of hydrogen-bond acceptors (Lipinski definition) is 5. The molecule has 0 radical (unpaired) electrons. The van der Waals surface area contributed by atoms with Crippen molar-refractivity contribution >= 4 is 23.5 Å². The Morgan fingerprint density at radius 3 is 2.11 bits per heavy atom. The number of nitrogens with zero attached hydrogens (tertiary/aromatic N) is 1. The number of rotatable bonds is 1. The summed E-state index contributed by atoms with van der Waals surface area (Å²) in [5.74, 6) is -0.597. The number of cyclic esters (lactones) is 1. The van der Waals surface area contributed by atoms with E-state index in [1.54, 1.807) is 19.9 Å². The van der Waals surface area contributed by atoms with E-state index in [0.717, 1.165) is 5.06 Å². The van der Waals surface area contributed by atoms with Gasteiger partial charge in [-0.25, -0.2) is 4.79 Å². The Balaban J connectivity index is 0.000000184. The zero-order valence-electron chi connectivity index (χ0n) is 10.2. The highest BCUT2D eigenvalue weighted by Gasteiger charge is 2.28. The third-order valence-electron chi connectivity index (χ3n) is 2.30. The Bertz CT molecular complexity index is 418. The maximum atomic E-state index is 10.9. The molecule has 1 amide bonds. The van der Waals surface area contributed by atoms with Crippen LogP contribution in [-0.2, 0) is 19.2 Å². The average molecular weight is 276 g/mol. The molecule has 100 valence electrons. The topological polar surface area (TPSA) is 76.1 Å². The number of ether oxygens (including phenoxy) is 1. The number of amides is 1. The van der Waals surface area contributed by atoms with E-state index in [0.29, 0.717) is 11.1 Å². The molecule has 2 aliphatic rings. The van der Waals surface area contributed by atoms with E-state index in [-0.39, 0.29) is 11.9 Å². The summed E-state index contributed by atoms with van der Waals surface area (Å²) in [5.41, 5.74) is 0.557. The lowest BCUT2D eigenvalue weighted by molar-refractivity contribution is -0.200. The number of halogens is 1. The Kier molecular flexibility index (Phi) is 4.89. The summed E-state index contributed by atoms with van der Waals surface area (Å²) in [6.07, 6.45) is 2.09. The van der Waals surface area contributed by atoms with Crippen molar-refractivity contribution in [1.29, 1.82) is 0 Å². The molecule has 0 aromatic heterocycles. The number of carbonyl (C=O) groups is 2. The summed E-state index contributed by atoms with van der Waals surface area (Å²) in [6, 6.07) is 0. The van der Waals surface area contributed by atoms with Crippen molar-refractivity contribution in [3.05, 3.63) is 23.3 Å². The fourth-order valence-electron chi connectivity index (χ4n) is 1.34. The van der Waals surface area contributed by atoms with Gasteiger partial charge in [0.25, 0.3) is 5.91 Å². The van der Waals surface area contributed by atoms with Crippen molar-refractivity contribution in [1.82, 2.24) is 5.06 Å². The van der Waals surface area contributed by atoms with E-state index >= 15 is 0 Å². The molecule has 0 bridgehead atoms. The average Bonchev–Trinajstić information content (AvgIpc) is 2.69. The smallest absolute Gasteiger partial charge is 0.335 e. The summed E-state index contributed by atoms with van der Waals surface area (Å²) < 4.78 is 4.51. The van der Waals surface area contributed by atoms with Crippen molar-refractivity contribution in [3.8, 4) is 0 Å². The van der Waals surface area contributed by atoms with E-state index in [9.17, 15) is 9.59 Å². The van der Waals surface area contributed by atoms with Gasteiger partial charge in [-0.05, 0) is 26.0 Å². The lowest BCUT2D eigenvalue weighted by Gasteiger charge is -2.16. The molecule has 0 saturated heterocycles. The largest absolute Gasteiger partial charge is 0.439 e. The summed E-state index contributed by atoms with van der Waals surface area (Å²) in [6.45, 7) is 3.30. The number of hydrogen-bond donors (Lipinski definition) is 1. The first-order valence-corrected chi connectivity index (χ1v) is 5.58. The van der Waals surface area contributed by atoms with Gasteiger partial charge in [0, 0.05) is 11.1 Å². The molecule has 7 heteroatoms. The van der Waals surface area contributed by atoms with E-state index < -0.39 is 11.8 Å². The standard InChI is InChI=1S/C6H9NO3.C5H5ClO2/c1-4-3-5(8)7(10-2)6(4)9;1-3-2-4(6)8-5(3)7/h3,5,8H,1-2H3;2,4H,1H3. The van der Waals surface area contributed by atoms with E-state index in [1.807, 2.05) is 0 Å². The Hall–Kier alpha value is -1.37.